The number of ether oxygens (including phenoxy) is 3. The Kier molecular flexibility index (Phi) is 4.02. The molecule has 1 aliphatic heterocycles. The van der Waals surface area contributed by atoms with Gasteiger partial charge < -0.3 is 14.2 Å². The van der Waals surface area contributed by atoms with Crippen LogP contribution in [0.25, 0.3) is 0 Å². The maximum atomic E-state index is 12.7. The van der Waals surface area contributed by atoms with Gasteiger partial charge >= 0.3 is 21.3 Å². The monoisotopic (exact) mass is 276 g/mol. The molecule has 0 aromatic carbocycles. The summed E-state index contributed by atoms with van der Waals surface area (Å²) in [5, 5.41) is -4.99. The van der Waals surface area contributed by atoms with Gasteiger partial charge in [-0.15, -0.1) is 0 Å². The molecule has 2 atom stereocenters. The molecule has 0 spiro atoms. The Bertz CT molecular complexity index is 393. The molecular formula is C7H10F2O7S. The summed E-state index contributed by atoms with van der Waals surface area (Å²) in [7, 11) is -5.84. The average Bonchev–Trinajstić information content (AvgIpc) is 2.58. The molecule has 1 saturated heterocycles. The van der Waals surface area contributed by atoms with Crippen molar-refractivity contribution in [2.45, 2.75) is 24.6 Å². The van der Waals surface area contributed by atoms with Crippen LogP contribution < -0.4 is 0 Å². The molecule has 0 aliphatic carbocycles. The highest BCUT2D eigenvalue weighted by Crippen LogP contribution is 2.22. The highest BCUT2D eigenvalue weighted by molar-refractivity contribution is 7.87. The van der Waals surface area contributed by atoms with Crippen LogP contribution in [-0.4, -0.2) is 49.8 Å². The summed E-state index contributed by atoms with van der Waals surface area (Å²) < 4.78 is 67.7. The number of carbonyl (C=O) groups is 1. The molecule has 10 heteroatoms. The van der Waals surface area contributed by atoms with Gasteiger partial charge in [0, 0.05) is 0 Å². The van der Waals surface area contributed by atoms with Crippen molar-refractivity contribution in [1.29, 1.82) is 0 Å². The lowest BCUT2D eigenvalue weighted by molar-refractivity contribution is -0.165. The Morgan fingerprint density at radius 2 is 2.18 bits per heavy atom. The predicted molar refractivity (Wildman–Crippen MR) is 47.7 cm³/mol. The predicted octanol–water partition coefficient (Wildman–Crippen LogP) is -0.228. The van der Waals surface area contributed by atoms with Crippen LogP contribution in [-0.2, 0) is 29.1 Å². The SMILES string of the molecule is CC1OCC(COC(=O)C(F)(F)S(=O)(=O)O)O1. The second kappa shape index (κ2) is 4.80. The zero-order chi connectivity index (χ0) is 13.3. The molecule has 1 N–H and O–H groups in total. The van der Waals surface area contributed by atoms with Crippen molar-refractivity contribution >= 4 is 16.1 Å². The molecule has 17 heavy (non-hydrogen) atoms. The quantitative estimate of drug-likeness (QED) is 0.559. The number of alkyl halides is 2. The van der Waals surface area contributed by atoms with Crippen LogP contribution in [0.5, 0.6) is 0 Å². The number of hydrogen-bond donors (Lipinski definition) is 1. The van der Waals surface area contributed by atoms with E-state index < -0.39 is 40.3 Å². The van der Waals surface area contributed by atoms with Crippen LogP contribution in [0.15, 0.2) is 0 Å². The van der Waals surface area contributed by atoms with E-state index in [0.717, 1.165) is 0 Å². The van der Waals surface area contributed by atoms with Crippen molar-refractivity contribution < 1.29 is 40.8 Å². The van der Waals surface area contributed by atoms with Crippen molar-refractivity contribution in [2.75, 3.05) is 13.2 Å². The third-order valence-electron chi connectivity index (χ3n) is 1.86. The highest BCUT2D eigenvalue weighted by atomic mass is 32.2. The Morgan fingerprint density at radius 1 is 1.59 bits per heavy atom. The smallest absolute Gasteiger partial charge is 0.457 e. The lowest BCUT2D eigenvalue weighted by Crippen LogP contribution is -2.40. The fourth-order valence-electron chi connectivity index (χ4n) is 1.04. The third kappa shape index (κ3) is 3.31. The van der Waals surface area contributed by atoms with Crippen molar-refractivity contribution in [3.8, 4) is 0 Å². The molecule has 1 heterocycles. The summed E-state index contributed by atoms with van der Waals surface area (Å²) in [4.78, 5) is 10.7. The molecule has 0 bridgehead atoms. The zero-order valence-electron chi connectivity index (χ0n) is 8.63. The summed E-state index contributed by atoms with van der Waals surface area (Å²) in [5.74, 6) is -2.36. The fraction of sp³-hybridized carbons (Fsp3) is 0.857. The third-order valence-corrected chi connectivity index (χ3v) is 2.68. The molecule has 0 amide bonds. The molecule has 1 aliphatic rings. The molecule has 0 aromatic heterocycles. The standard InChI is InChI=1S/C7H10F2O7S/c1-4-14-2-5(16-4)3-15-6(10)7(8,9)17(11,12)13/h4-5H,2-3H2,1H3,(H,11,12,13). The van der Waals surface area contributed by atoms with E-state index >= 15 is 0 Å². The molecule has 0 saturated carbocycles. The van der Waals surface area contributed by atoms with Gasteiger partial charge in [0.05, 0.1) is 6.61 Å². The largest absolute Gasteiger partial charge is 0.465 e. The molecular weight excluding hydrogens is 266 g/mol. The maximum Gasteiger partial charge on any atom is 0.465 e. The Morgan fingerprint density at radius 3 is 2.59 bits per heavy atom. The van der Waals surface area contributed by atoms with Crippen LogP contribution in [0.4, 0.5) is 8.78 Å². The summed E-state index contributed by atoms with van der Waals surface area (Å²) in [6.07, 6.45) is -1.30. The van der Waals surface area contributed by atoms with Crippen molar-refractivity contribution in [1.82, 2.24) is 0 Å². The minimum atomic E-state index is -5.84. The van der Waals surface area contributed by atoms with Crippen LogP contribution in [0.1, 0.15) is 6.92 Å². The minimum Gasteiger partial charge on any atom is -0.457 e. The Balaban J connectivity index is 2.50. The molecule has 2 unspecified atom stereocenters. The van der Waals surface area contributed by atoms with E-state index in [-0.39, 0.29) is 6.61 Å². The van der Waals surface area contributed by atoms with Gasteiger partial charge in [-0.05, 0) is 6.92 Å². The van der Waals surface area contributed by atoms with Gasteiger partial charge in [-0.1, -0.05) is 0 Å². The molecule has 1 rings (SSSR count). The fourth-order valence-corrected chi connectivity index (χ4v) is 1.31. The van der Waals surface area contributed by atoms with Gasteiger partial charge in [0.15, 0.2) is 6.29 Å². The van der Waals surface area contributed by atoms with Gasteiger partial charge in [-0.2, -0.15) is 17.2 Å². The first-order valence-corrected chi connectivity index (χ1v) is 5.87. The topological polar surface area (TPSA) is 99.1 Å². The van der Waals surface area contributed by atoms with E-state index in [1.165, 1.54) is 0 Å². The first-order valence-electron chi connectivity index (χ1n) is 4.43. The van der Waals surface area contributed by atoms with Crippen molar-refractivity contribution in [2.24, 2.45) is 0 Å². The van der Waals surface area contributed by atoms with E-state index in [4.69, 9.17) is 14.0 Å². The lowest BCUT2D eigenvalue weighted by Gasteiger charge is -2.14. The molecule has 100 valence electrons. The number of esters is 1. The first kappa shape index (κ1) is 14.2. The summed E-state index contributed by atoms with van der Waals surface area (Å²) in [5.41, 5.74) is 0. The number of rotatable bonds is 4. The van der Waals surface area contributed by atoms with Gasteiger partial charge in [0.25, 0.3) is 0 Å². The minimum absolute atomic E-state index is 0.0336. The second-order valence-electron chi connectivity index (χ2n) is 3.25. The number of carbonyl (C=O) groups excluding carboxylic acids is 1. The van der Waals surface area contributed by atoms with E-state index in [2.05, 4.69) is 4.74 Å². The van der Waals surface area contributed by atoms with Gasteiger partial charge in [0.2, 0.25) is 0 Å². The highest BCUT2D eigenvalue weighted by Gasteiger charge is 2.54. The van der Waals surface area contributed by atoms with E-state index in [1.807, 2.05) is 0 Å². The average molecular weight is 276 g/mol. The molecule has 0 radical (unpaired) electrons. The lowest BCUT2D eigenvalue weighted by atomic mass is 10.4. The van der Waals surface area contributed by atoms with Crippen LogP contribution >= 0.6 is 0 Å². The Hall–Kier alpha value is -0.840. The van der Waals surface area contributed by atoms with Crippen molar-refractivity contribution in [3.05, 3.63) is 0 Å². The Labute approximate surface area is 95.4 Å². The second-order valence-corrected chi connectivity index (χ2v) is 4.71. The van der Waals surface area contributed by atoms with Crippen LogP contribution in [0, 0.1) is 0 Å². The van der Waals surface area contributed by atoms with Gasteiger partial charge in [-0.25, -0.2) is 4.79 Å². The first-order chi connectivity index (χ1) is 7.64. The number of hydrogen-bond acceptors (Lipinski definition) is 6. The van der Waals surface area contributed by atoms with E-state index in [0.29, 0.717) is 0 Å². The summed E-state index contributed by atoms with van der Waals surface area (Å²) in [6, 6.07) is 0. The van der Waals surface area contributed by atoms with E-state index in [1.54, 1.807) is 6.92 Å². The van der Waals surface area contributed by atoms with E-state index in [9.17, 15) is 22.0 Å². The molecule has 1 fully saturated rings. The summed E-state index contributed by atoms with van der Waals surface area (Å²) >= 11 is 0. The molecule has 0 aromatic rings. The van der Waals surface area contributed by atoms with Crippen LogP contribution in [0.2, 0.25) is 0 Å². The number of halogens is 2. The van der Waals surface area contributed by atoms with Crippen LogP contribution in [0.3, 0.4) is 0 Å². The van der Waals surface area contributed by atoms with Crippen molar-refractivity contribution in [3.63, 3.8) is 0 Å². The van der Waals surface area contributed by atoms with Gasteiger partial charge in [0.1, 0.15) is 12.7 Å². The zero-order valence-corrected chi connectivity index (χ0v) is 9.45. The normalized spacial score (nSPS) is 25.9. The van der Waals surface area contributed by atoms with Gasteiger partial charge in [-0.3, -0.25) is 4.55 Å². The summed E-state index contributed by atoms with van der Waals surface area (Å²) in [6.45, 7) is 0.995. The maximum absolute atomic E-state index is 12.7. The molecule has 7 nitrogen and oxygen atoms in total.